The van der Waals surface area contributed by atoms with Gasteiger partial charge >= 0.3 is 0 Å². The second kappa shape index (κ2) is 5.10. The van der Waals surface area contributed by atoms with Gasteiger partial charge in [-0.3, -0.25) is 9.80 Å². The minimum atomic E-state index is -0.107. The van der Waals surface area contributed by atoms with Crippen LogP contribution in [0.3, 0.4) is 0 Å². The molecule has 2 heterocycles. The van der Waals surface area contributed by atoms with E-state index in [-0.39, 0.29) is 9.52 Å². The zero-order valence-corrected chi connectivity index (χ0v) is 10.5. The lowest BCUT2D eigenvalue weighted by atomic mass is 10.4. The molecule has 3 heteroatoms. The average Bonchev–Trinajstić information content (AvgIpc) is 2.87. The topological polar surface area (TPSA) is 6.48 Å². The standard InChI is InChI=1S/C11H22N2Si/c1-2-14-11(12-7-3-4-8-12)13-9-5-6-10-13/h2,11H,1,3-10,14H2. The maximum absolute atomic E-state index is 3.95. The molecule has 0 aromatic heterocycles. The van der Waals surface area contributed by atoms with Gasteiger partial charge in [-0.05, 0) is 51.9 Å². The number of hydrogen-bond donors (Lipinski definition) is 0. The van der Waals surface area contributed by atoms with E-state index in [1.165, 1.54) is 51.9 Å². The second-order valence-electron chi connectivity index (χ2n) is 4.49. The molecule has 0 bridgehead atoms. The van der Waals surface area contributed by atoms with Gasteiger partial charge in [-0.1, -0.05) is 0 Å². The first-order valence-corrected chi connectivity index (χ1v) is 7.64. The third kappa shape index (κ3) is 2.27. The Bertz CT molecular complexity index is 168. The first-order valence-electron chi connectivity index (χ1n) is 6.01. The van der Waals surface area contributed by atoms with Crippen LogP contribution in [0.5, 0.6) is 0 Å². The molecule has 0 radical (unpaired) electrons. The molecule has 0 saturated carbocycles. The summed E-state index contributed by atoms with van der Waals surface area (Å²) in [6.45, 7) is 9.29. The SMILES string of the molecule is C=C[SiH2]C(N1CCCC1)N1CCCC1. The van der Waals surface area contributed by atoms with Crippen LogP contribution in [0.2, 0.25) is 0 Å². The molecule has 0 spiro atoms. The zero-order chi connectivity index (χ0) is 9.80. The number of likely N-dealkylation sites (tertiary alicyclic amines) is 2. The van der Waals surface area contributed by atoms with Crippen LogP contribution in [0, 0.1) is 0 Å². The molecule has 80 valence electrons. The quantitative estimate of drug-likeness (QED) is 0.633. The van der Waals surface area contributed by atoms with Crippen LogP contribution >= 0.6 is 0 Å². The Morgan fingerprint density at radius 3 is 1.71 bits per heavy atom. The molecule has 0 unspecified atom stereocenters. The normalized spacial score (nSPS) is 25.8. The number of nitrogens with zero attached hydrogens (tertiary/aromatic N) is 2. The van der Waals surface area contributed by atoms with E-state index in [0.717, 1.165) is 5.79 Å². The first kappa shape index (κ1) is 10.4. The van der Waals surface area contributed by atoms with Crippen LogP contribution in [-0.4, -0.2) is 51.3 Å². The summed E-state index contributed by atoms with van der Waals surface area (Å²) < 4.78 is 0. The molecule has 2 nitrogen and oxygen atoms in total. The molecule has 0 aliphatic carbocycles. The molecule has 2 rings (SSSR count). The van der Waals surface area contributed by atoms with Gasteiger partial charge in [-0.2, -0.15) is 0 Å². The van der Waals surface area contributed by atoms with Crippen molar-refractivity contribution in [3.63, 3.8) is 0 Å². The van der Waals surface area contributed by atoms with E-state index in [2.05, 4.69) is 22.1 Å². The highest BCUT2D eigenvalue weighted by Crippen LogP contribution is 2.18. The molecule has 14 heavy (non-hydrogen) atoms. The van der Waals surface area contributed by atoms with Gasteiger partial charge in [0.1, 0.15) is 0 Å². The Balaban J connectivity index is 1.94. The van der Waals surface area contributed by atoms with Crippen molar-refractivity contribution in [2.45, 2.75) is 31.5 Å². The van der Waals surface area contributed by atoms with E-state index >= 15 is 0 Å². The fraction of sp³-hybridized carbons (Fsp3) is 0.818. The van der Waals surface area contributed by atoms with Crippen molar-refractivity contribution in [2.24, 2.45) is 0 Å². The van der Waals surface area contributed by atoms with Crippen molar-refractivity contribution in [3.05, 3.63) is 12.3 Å². The lowest BCUT2D eigenvalue weighted by Crippen LogP contribution is -2.49. The van der Waals surface area contributed by atoms with E-state index in [1.807, 2.05) is 0 Å². The summed E-state index contributed by atoms with van der Waals surface area (Å²) in [7, 11) is -0.107. The number of rotatable bonds is 4. The summed E-state index contributed by atoms with van der Waals surface area (Å²) in [5.74, 6) is 0.803. The maximum Gasteiger partial charge on any atom is 0.0823 e. The van der Waals surface area contributed by atoms with E-state index in [0.29, 0.717) is 0 Å². The van der Waals surface area contributed by atoms with Gasteiger partial charge < -0.3 is 0 Å². The van der Waals surface area contributed by atoms with Gasteiger partial charge in [0, 0.05) is 5.79 Å². The zero-order valence-electron chi connectivity index (χ0n) is 9.12. The Hall–Kier alpha value is -0.123. The van der Waals surface area contributed by atoms with Crippen molar-refractivity contribution >= 4 is 9.52 Å². The van der Waals surface area contributed by atoms with Gasteiger partial charge in [0.05, 0.1) is 9.52 Å². The molecule has 0 atom stereocenters. The minimum absolute atomic E-state index is 0.107. The molecule has 0 aromatic rings. The summed E-state index contributed by atoms with van der Waals surface area (Å²) in [4.78, 5) is 5.42. The third-order valence-electron chi connectivity index (χ3n) is 3.50. The van der Waals surface area contributed by atoms with Crippen molar-refractivity contribution in [3.8, 4) is 0 Å². The van der Waals surface area contributed by atoms with Gasteiger partial charge in [-0.25, -0.2) is 0 Å². The lowest BCUT2D eigenvalue weighted by Gasteiger charge is -2.34. The smallest absolute Gasteiger partial charge is 0.0823 e. The molecule has 2 aliphatic rings. The summed E-state index contributed by atoms with van der Waals surface area (Å²) in [5.41, 5.74) is 2.22. The van der Waals surface area contributed by atoms with Gasteiger partial charge in [0.2, 0.25) is 0 Å². The molecular weight excluding hydrogens is 188 g/mol. The Kier molecular flexibility index (Phi) is 3.79. The molecule has 2 aliphatic heterocycles. The predicted octanol–water partition coefficient (Wildman–Crippen LogP) is 0.774. The maximum atomic E-state index is 3.95. The van der Waals surface area contributed by atoms with E-state index in [4.69, 9.17) is 0 Å². The Morgan fingerprint density at radius 1 is 0.929 bits per heavy atom. The van der Waals surface area contributed by atoms with E-state index in [1.54, 1.807) is 0 Å². The van der Waals surface area contributed by atoms with Crippen LogP contribution in [0.25, 0.3) is 0 Å². The summed E-state index contributed by atoms with van der Waals surface area (Å²) in [6, 6.07) is 0. The largest absolute Gasteiger partial charge is 0.291 e. The average molecular weight is 210 g/mol. The van der Waals surface area contributed by atoms with Crippen LogP contribution in [0.4, 0.5) is 0 Å². The Labute approximate surface area is 89.8 Å². The fourth-order valence-corrected chi connectivity index (χ4v) is 4.38. The number of hydrogen-bond acceptors (Lipinski definition) is 2. The van der Waals surface area contributed by atoms with E-state index < -0.39 is 0 Å². The highest BCUT2D eigenvalue weighted by Gasteiger charge is 2.27. The molecule has 2 saturated heterocycles. The summed E-state index contributed by atoms with van der Waals surface area (Å²) >= 11 is 0. The van der Waals surface area contributed by atoms with Crippen molar-refractivity contribution in [1.29, 1.82) is 0 Å². The molecular formula is C11H22N2Si. The van der Waals surface area contributed by atoms with Crippen molar-refractivity contribution < 1.29 is 0 Å². The van der Waals surface area contributed by atoms with Crippen molar-refractivity contribution in [1.82, 2.24) is 9.80 Å². The fourth-order valence-electron chi connectivity index (χ4n) is 2.76. The second-order valence-corrected chi connectivity index (χ2v) is 6.27. The Morgan fingerprint density at radius 2 is 1.36 bits per heavy atom. The van der Waals surface area contributed by atoms with Gasteiger partial charge in [0.15, 0.2) is 0 Å². The minimum Gasteiger partial charge on any atom is -0.291 e. The van der Waals surface area contributed by atoms with Crippen molar-refractivity contribution in [2.75, 3.05) is 26.2 Å². The summed E-state index contributed by atoms with van der Waals surface area (Å²) in [5, 5.41) is 0. The highest BCUT2D eigenvalue weighted by atomic mass is 28.2. The van der Waals surface area contributed by atoms with Gasteiger partial charge in [0.25, 0.3) is 0 Å². The van der Waals surface area contributed by atoms with Gasteiger partial charge in [-0.15, -0.1) is 12.3 Å². The highest BCUT2D eigenvalue weighted by molar-refractivity contribution is 6.43. The molecule has 0 aromatic carbocycles. The summed E-state index contributed by atoms with van der Waals surface area (Å²) in [6.07, 6.45) is 5.65. The lowest BCUT2D eigenvalue weighted by molar-refractivity contribution is 0.143. The van der Waals surface area contributed by atoms with Crippen LogP contribution in [0.15, 0.2) is 12.3 Å². The molecule has 2 fully saturated rings. The molecule has 0 N–H and O–H groups in total. The molecule has 0 amide bonds. The third-order valence-corrected chi connectivity index (χ3v) is 5.29. The van der Waals surface area contributed by atoms with Crippen LogP contribution in [0.1, 0.15) is 25.7 Å². The first-order chi connectivity index (χ1) is 6.92. The van der Waals surface area contributed by atoms with Crippen LogP contribution in [-0.2, 0) is 0 Å². The predicted molar refractivity (Wildman–Crippen MR) is 64.1 cm³/mol. The monoisotopic (exact) mass is 210 g/mol. The van der Waals surface area contributed by atoms with Crippen LogP contribution < -0.4 is 0 Å². The van der Waals surface area contributed by atoms with E-state index in [9.17, 15) is 0 Å².